The Balaban J connectivity index is 1.65. The van der Waals surface area contributed by atoms with E-state index in [-0.39, 0.29) is 18.3 Å². The van der Waals surface area contributed by atoms with Gasteiger partial charge < -0.3 is 15.4 Å². The molecule has 0 spiro atoms. The van der Waals surface area contributed by atoms with Crippen molar-refractivity contribution in [3.05, 3.63) is 59.9 Å². The van der Waals surface area contributed by atoms with Crippen LogP contribution >= 0.6 is 0 Å². The van der Waals surface area contributed by atoms with Crippen molar-refractivity contribution in [1.82, 2.24) is 5.32 Å². The molecule has 0 aromatic heterocycles. The first kappa shape index (κ1) is 15.8. The van der Waals surface area contributed by atoms with E-state index in [0.29, 0.717) is 18.8 Å². The van der Waals surface area contributed by atoms with Gasteiger partial charge in [-0.1, -0.05) is 24.3 Å². The summed E-state index contributed by atoms with van der Waals surface area (Å²) in [6.45, 7) is 2.61. The average molecular weight is 302 g/mol. The number of aryl methyl sites for hydroxylation is 1. The standard InChI is InChI=1S/C17H19FN2O2/c1-13-7-8-16(15(18)11-13)20-12-17(21)19-9-10-22-14-5-3-2-4-6-14/h2-8,11,20H,9-10,12H2,1H3,(H,19,21). The van der Waals surface area contributed by atoms with E-state index in [0.717, 1.165) is 11.3 Å². The molecule has 0 aliphatic heterocycles. The van der Waals surface area contributed by atoms with Crippen molar-refractivity contribution in [2.24, 2.45) is 0 Å². The van der Waals surface area contributed by atoms with Crippen molar-refractivity contribution in [2.45, 2.75) is 6.92 Å². The zero-order valence-electron chi connectivity index (χ0n) is 12.4. The maximum atomic E-state index is 13.6. The zero-order chi connectivity index (χ0) is 15.8. The van der Waals surface area contributed by atoms with Crippen LogP contribution in [0, 0.1) is 12.7 Å². The van der Waals surface area contributed by atoms with E-state index >= 15 is 0 Å². The van der Waals surface area contributed by atoms with Gasteiger partial charge in [-0.05, 0) is 36.8 Å². The van der Waals surface area contributed by atoms with Gasteiger partial charge in [-0.15, -0.1) is 0 Å². The third-order valence-corrected chi connectivity index (χ3v) is 3.00. The molecule has 2 aromatic carbocycles. The zero-order valence-corrected chi connectivity index (χ0v) is 12.4. The molecule has 2 aromatic rings. The molecule has 5 heteroatoms. The van der Waals surface area contributed by atoms with Gasteiger partial charge in [0.05, 0.1) is 18.8 Å². The number of para-hydroxylation sites is 1. The highest BCUT2D eigenvalue weighted by atomic mass is 19.1. The van der Waals surface area contributed by atoms with Crippen molar-refractivity contribution in [1.29, 1.82) is 0 Å². The molecule has 0 atom stereocenters. The molecule has 22 heavy (non-hydrogen) atoms. The number of carbonyl (C=O) groups excluding carboxylic acids is 1. The van der Waals surface area contributed by atoms with Crippen LogP contribution in [0.25, 0.3) is 0 Å². The summed E-state index contributed by atoms with van der Waals surface area (Å²) in [6, 6.07) is 14.2. The molecular weight excluding hydrogens is 283 g/mol. The van der Waals surface area contributed by atoms with Gasteiger partial charge in [0.2, 0.25) is 5.91 Å². The quantitative estimate of drug-likeness (QED) is 0.773. The van der Waals surface area contributed by atoms with E-state index in [2.05, 4.69) is 10.6 Å². The Bertz CT molecular complexity index is 617. The Hall–Kier alpha value is -2.56. The van der Waals surface area contributed by atoms with Crippen molar-refractivity contribution in [3.8, 4) is 5.75 Å². The third kappa shape index (κ3) is 5.09. The lowest BCUT2D eigenvalue weighted by atomic mass is 10.2. The van der Waals surface area contributed by atoms with Crippen molar-refractivity contribution in [2.75, 3.05) is 25.0 Å². The monoisotopic (exact) mass is 302 g/mol. The summed E-state index contributed by atoms with van der Waals surface area (Å²) in [4.78, 5) is 11.7. The second-order valence-electron chi connectivity index (χ2n) is 4.85. The van der Waals surface area contributed by atoms with Gasteiger partial charge in [0.15, 0.2) is 0 Å². The Kier molecular flexibility index (Phi) is 5.77. The van der Waals surface area contributed by atoms with E-state index in [9.17, 15) is 9.18 Å². The van der Waals surface area contributed by atoms with Crippen molar-refractivity contribution >= 4 is 11.6 Å². The molecule has 4 nitrogen and oxygen atoms in total. The molecule has 2 rings (SSSR count). The van der Waals surface area contributed by atoms with Crippen LogP contribution in [0.4, 0.5) is 10.1 Å². The van der Waals surface area contributed by atoms with Crippen LogP contribution in [0.3, 0.4) is 0 Å². The fraction of sp³-hybridized carbons (Fsp3) is 0.235. The van der Waals surface area contributed by atoms with Crippen LogP contribution in [-0.4, -0.2) is 25.6 Å². The Morgan fingerprint density at radius 1 is 1.18 bits per heavy atom. The first-order chi connectivity index (χ1) is 10.6. The summed E-state index contributed by atoms with van der Waals surface area (Å²) < 4.78 is 19.0. The van der Waals surface area contributed by atoms with Crippen LogP contribution in [0.1, 0.15) is 5.56 Å². The first-order valence-corrected chi connectivity index (χ1v) is 7.10. The highest BCUT2D eigenvalue weighted by molar-refractivity contribution is 5.80. The van der Waals surface area contributed by atoms with Gasteiger partial charge >= 0.3 is 0 Å². The molecule has 0 saturated carbocycles. The molecule has 0 fully saturated rings. The predicted octanol–water partition coefficient (Wildman–Crippen LogP) is 2.74. The number of carbonyl (C=O) groups is 1. The Labute approximate surface area is 129 Å². The third-order valence-electron chi connectivity index (χ3n) is 3.00. The molecule has 0 aliphatic carbocycles. The lowest BCUT2D eigenvalue weighted by molar-refractivity contribution is -0.119. The molecule has 0 heterocycles. The largest absolute Gasteiger partial charge is 0.492 e. The van der Waals surface area contributed by atoms with Gasteiger partial charge in [-0.3, -0.25) is 4.79 Å². The molecule has 0 saturated heterocycles. The minimum atomic E-state index is -0.361. The number of benzene rings is 2. The van der Waals surface area contributed by atoms with E-state index in [1.165, 1.54) is 6.07 Å². The van der Waals surface area contributed by atoms with E-state index in [4.69, 9.17) is 4.74 Å². The molecule has 116 valence electrons. The van der Waals surface area contributed by atoms with Gasteiger partial charge in [0.1, 0.15) is 18.2 Å². The lowest BCUT2D eigenvalue weighted by Crippen LogP contribution is -2.33. The summed E-state index contributed by atoms with van der Waals surface area (Å²) >= 11 is 0. The number of nitrogens with one attached hydrogen (secondary N) is 2. The highest BCUT2D eigenvalue weighted by Gasteiger charge is 2.04. The SMILES string of the molecule is Cc1ccc(NCC(=O)NCCOc2ccccc2)c(F)c1. The number of anilines is 1. The minimum absolute atomic E-state index is 0.0192. The average Bonchev–Trinajstić information content (AvgIpc) is 2.52. The van der Waals surface area contributed by atoms with Gasteiger partial charge in [0.25, 0.3) is 0 Å². The van der Waals surface area contributed by atoms with Crippen molar-refractivity contribution < 1.29 is 13.9 Å². The number of ether oxygens (including phenoxy) is 1. The van der Waals surface area contributed by atoms with Gasteiger partial charge in [-0.2, -0.15) is 0 Å². The number of hydrogen-bond donors (Lipinski definition) is 2. The lowest BCUT2D eigenvalue weighted by Gasteiger charge is -2.10. The predicted molar refractivity (Wildman–Crippen MR) is 84.6 cm³/mol. The topological polar surface area (TPSA) is 50.4 Å². The van der Waals surface area contributed by atoms with E-state index in [1.807, 2.05) is 37.3 Å². The van der Waals surface area contributed by atoms with Crippen LogP contribution in [-0.2, 0) is 4.79 Å². The molecule has 0 unspecified atom stereocenters. The fourth-order valence-corrected chi connectivity index (χ4v) is 1.88. The van der Waals surface area contributed by atoms with Gasteiger partial charge in [0, 0.05) is 0 Å². The Morgan fingerprint density at radius 2 is 1.95 bits per heavy atom. The normalized spacial score (nSPS) is 10.1. The second kappa shape index (κ2) is 8.02. The molecule has 1 amide bonds. The van der Waals surface area contributed by atoms with E-state index in [1.54, 1.807) is 12.1 Å². The molecule has 2 N–H and O–H groups in total. The van der Waals surface area contributed by atoms with Crippen LogP contribution < -0.4 is 15.4 Å². The number of rotatable bonds is 7. The van der Waals surface area contributed by atoms with Crippen molar-refractivity contribution in [3.63, 3.8) is 0 Å². The van der Waals surface area contributed by atoms with E-state index < -0.39 is 0 Å². The van der Waals surface area contributed by atoms with Crippen LogP contribution in [0.5, 0.6) is 5.75 Å². The molecule has 0 radical (unpaired) electrons. The number of hydrogen-bond acceptors (Lipinski definition) is 3. The first-order valence-electron chi connectivity index (χ1n) is 7.10. The smallest absolute Gasteiger partial charge is 0.239 e. The van der Waals surface area contributed by atoms with Crippen LogP contribution in [0.15, 0.2) is 48.5 Å². The summed E-state index contributed by atoms with van der Waals surface area (Å²) in [6.07, 6.45) is 0. The second-order valence-corrected chi connectivity index (χ2v) is 4.85. The summed E-state index contributed by atoms with van der Waals surface area (Å²) in [5, 5.41) is 5.48. The summed E-state index contributed by atoms with van der Waals surface area (Å²) in [5.74, 6) is 0.188. The Morgan fingerprint density at radius 3 is 2.68 bits per heavy atom. The maximum Gasteiger partial charge on any atom is 0.239 e. The molecule has 0 aliphatic rings. The highest BCUT2D eigenvalue weighted by Crippen LogP contribution is 2.14. The number of halogens is 1. The molecule has 0 bridgehead atoms. The summed E-state index contributed by atoms with van der Waals surface area (Å²) in [7, 11) is 0. The molecular formula is C17H19FN2O2. The summed E-state index contributed by atoms with van der Waals surface area (Å²) in [5.41, 5.74) is 1.16. The maximum absolute atomic E-state index is 13.6. The fourth-order valence-electron chi connectivity index (χ4n) is 1.88. The minimum Gasteiger partial charge on any atom is -0.492 e. The van der Waals surface area contributed by atoms with Gasteiger partial charge in [-0.25, -0.2) is 4.39 Å². The number of amides is 1. The van der Waals surface area contributed by atoms with Crippen LogP contribution in [0.2, 0.25) is 0 Å².